The van der Waals surface area contributed by atoms with Crippen LogP contribution in [0.2, 0.25) is 0 Å². The first-order valence-electron chi connectivity index (χ1n) is 8.10. The third-order valence-corrected chi connectivity index (χ3v) is 4.98. The van der Waals surface area contributed by atoms with Gasteiger partial charge in [0.05, 0.1) is 17.3 Å². The third kappa shape index (κ3) is 2.39. The molecule has 3 aromatic rings. The van der Waals surface area contributed by atoms with Crippen LogP contribution in [0.3, 0.4) is 0 Å². The van der Waals surface area contributed by atoms with Crippen LogP contribution in [0.5, 0.6) is 0 Å². The number of fused-ring (bicyclic) bond motifs is 3. The maximum Gasteiger partial charge on any atom is 0.335 e. The molecule has 0 aliphatic carbocycles. The molecule has 1 aliphatic heterocycles. The summed E-state index contributed by atoms with van der Waals surface area (Å²) in [5.41, 5.74) is 4.67. The van der Waals surface area contributed by atoms with Gasteiger partial charge in [0.1, 0.15) is 0 Å². The normalized spacial score (nSPS) is 13.9. The van der Waals surface area contributed by atoms with E-state index in [0.717, 1.165) is 34.3 Å². The number of aromatic nitrogens is 3. The molecule has 0 spiro atoms. The molecule has 0 radical (unpaired) electrons. The van der Waals surface area contributed by atoms with Crippen LogP contribution < -0.4 is 0 Å². The minimum Gasteiger partial charge on any atom is -0.478 e. The second kappa shape index (κ2) is 5.47. The minimum absolute atomic E-state index is 0.0417. The van der Waals surface area contributed by atoms with Crippen molar-refractivity contribution in [2.45, 2.75) is 19.9 Å². The SMILES string of the molecule is Cc1c(C(=O)N2CCc3[nH]c4ccc(C(=O)O)cc4c3C2)cnn1C. The Morgan fingerprint density at radius 2 is 2.12 bits per heavy atom. The van der Waals surface area contributed by atoms with E-state index in [2.05, 4.69) is 10.1 Å². The Hall–Kier alpha value is -3.09. The van der Waals surface area contributed by atoms with Crippen LogP contribution >= 0.6 is 0 Å². The summed E-state index contributed by atoms with van der Waals surface area (Å²) in [6.45, 7) is 2.96. The van der Waals surface area contributed by atoms with Gasteiger partial charge in [-0.25, -0.2) is 4.79 Å². The van der Waals surface area contributed by atoms with E-state index >= 15 is 0 Å². The highest BCUT2D eigenvalue weighted by atomic mass is 16.4. The van der Waals surface area contributed by atoms with Crippen molar-refractivity contribution in [3.8, 4) is 0 Å². The van der Waals surface area contributed by atoms with Crippen molar-refractivity contribution >= 4 is 22.8 Å². The van der Waals surface area contributed by atoms with E-state index in [-0.39, 0.29) is 11.5 Å². The second-order valence-corrected chi connectivity index (χ2v) is 6.39. The number of aromatic amines is 1. The molecule has 25 heavy (non-hydrogen) atoms. The van der Waals surface area contributed by atoms with Gasteiger partial charge in [-0.3, -0.25) is 9.48 Å². The number of H-pyrrole nitrogens is 1. The van der Waals surface area contributed by atoms with E-state index in [1.807, 2.05) is 14.0 Å². The summed E-state index contributed by atoms with van der Waals surface area (Å²) >= 11 is 0. The van der Waals surface area contributed by atoms with Crippen LogP contribution in [0.15, 0.2) is 24.4 Å². The first kappa shape index (κ1) is 15.4. The highest BCUT2D eigenvalue weighted by Crippen LogP contribution is 2.29. The molecule has 0 atom stereocenters. The molecule has 1 amide bonds. The lowest BCUT2D eigenvalue weighted by Crippen LogP contribution is -2.36. The lowest BCUT2D eigenvalue weighted by Gasteiger charge is -2.27. The van der Waals surface area contributed by atoms with Crippen LogP contribution in [0, 0.1) is 6.92 Å². The number of rotatable bonds is 2. The maximum atomic E-state index is 12.8. The zero-order valence-electron chi connectivity index (χ0n) is 14.0. The van der Waals surface area contributed by atoms with Crippen LogP contribution in [-0.4, -0.2) is 43.2 Å². The smallest absolute Gasteiger partial charge is 0.335 e. The summed E-state index contributed by atoms with van der Waals surface area (Å²) < 4.78 is 1.69. The molecule has 4 rings (SSSR count). The zero-order valence-corrected chi connectivity index (χ0v) is 14.0. The lowest BCUT2D eigenvalue weighted by molar-refractivity contribution is 0.0694. The first-order valence-corrected chi connectivity index (χ1v) is 8.10. The molecule has 2 aromatic heterocycles. The zero-order chi connectivity index (χ0) is 17.7. The molecule has 7 nitrogen and oxygen atoms in total. The fraction of sp³-hybridized carbons (Fsp3) is 0.278. The monoisotopic (exact) mass is 338 g/mol. The van der Waals surface area contributed by atoms with Gasteiger partial charge in [0.2, 0.25) is 0 Å². The maximum absolute atomic E-state index is 12.8. The second-order valence-electron chi connectivity index (χ2n) is 6.39. The highest BCUT2D eigenvalue weighted by Gasteiger charge is 2.27. The van der Waals surface area contributed by atoms with Crippen molar-refractivity contribution in [2.24, 2.45) is 7.05 Å². The van der Waals surface area contributed by atoms with Gasteiger partial charge in [-0.15, -0.1) is 0 Å². The molecule has 7 heteroatoms. The lowest BCUT2D eigenvalue weighted by atomic mass is 10.0. The van der Waals surface area contributed by atoms with Crippen molar-refractivity contribution in [1.82, 2.24) is 19.7 Å². The summed E-state index contributed by atoms with van der Waals surface area (Å²) in [5, 5.41) is 14.2. The van der Waals surface area contributed by atoms with E-state index < -0.39 is 5.97 Å². The minimum atomic E-state index is -0.952. The Labute approximate surface area is 143 Å². The molecule has 1 aromatic carbocycles. The summed E-state index contributed by atoms with van der Waals surface area (Å²) in [4.78, 5) is 29.2. The summed E-state index contributed by atoms with van der Waals surface area (Å²) in [6.07, 6.45) is 2.32. The number of nitrogens with one attached hydrogen (secondary N) is 1. The number of benzene rings is 1. The molecule has 0 saturated carbocycles. The number of carbonyl (C=O) groups is 2. The van der Waals surface area contributed by atoms with Crippen LogP contribution in [0.25, 0.3) is 10.9 Å². The third-order valence-electron chi connectivity index (χ3n) is 4.98. The molecule has 3 heterocycles. The fourth-order valence-electron chi connectivity index (χ4n) is 3.40. The van der Waals surface area contributed by atoms with Crippen LogP contribution in [-0.2, 0) is 20.0 Å². The summed E-state index contributed by atoms with van der Waals surface area (Å²) in [5.74, 6) is -0.994. The van der Waals surface area contributed by atoms with E-state index in [1.54, 1.807) is 34.0 Å². The quantitative estimate of drug-likeness (QED) is 0.749. The Bertz CT molecular complexity index is 1010. The van der Waals surface area contributed by atoms with Gasteiger partial charge >= 0.3 is 5.97 Å². The molecule has 0 saturated heterocycles. The Morgan fingerprint density at radius 3 is 2.80 bits per heavy atom. The molecule has 2 N–H and O–H groups in total. The number of carboxylic acid groups (broad SMARTS) is 1. The molecule has 0 bridgehead atoms. The summed E-state index contributed by atoms with van der Waals surface area (Å²) in [6, 6.07) is 5.05. The average molecular weight is 338 g/mol. The molecule has 0 fully saturated rings. The molecule has 0 unspecified atom stereocenters. The predicted octanol–water partition coefficient (Wildman–Crippen LogP) is 2.11. The molecular formula is C18H18N4O3. The van der Waals surface area contributed by atoms with Gasteiger partial charge in [-0.2, -0.15) is 5.10 Å². The molecule has 128 valence electrons. The average Bonchev–Trinajstić information content (AvgIpc) is 3.13. The standard InChI is InChI=1S/C18H18N4O3/c1-10-13(8-19-21(10)2)17(23)22-6-5-16-14(9-22)12-7-11(18(24)25)3-4-15(12)20-16/h3-4,7-8,20H,5-6,9H2,1-2H3,(H,24,25). The predicted molar refractivity (Wildman–Crippen MR) is 91.6 cm³/mol. The number of aromatic carboxylic acids is 1. The van der Waals surface area contributed by atoms with Gasteiger partial charge in [-0.05, 0) is 25.1 Å². The fourth-order valence-corrected chi connectivity index (χ4v) is 3.40. The van der Waals surface area contributed by atoms with Crippen molar-refractivity contribution in [2.75, 3.05) is 6.54 Å². The van der Waals surface area contributed by atoms with Crippen LogP contribution in [0.4, 0.5) is 0 Å². The van der Waals surface area contributed by atoms with Crippen molar-refractivity contribution < 1.29 is 14.7 Å². The number of amides is 1. The van der Waals surface area contributed by atoms with Gasteiger partial charge in [0.15, 0.2) is 0 Å². The number of hydrogen-bond acceptors (Lipinski definition) is 3. The van der Waals surface area contributed by atoms with Gasteiger partial charge in [0, 0.05) is 54.4 Å². The number of carboxylic acids is 1. The van der Waals surface area contributed by atoms with Gasteiger partial charge in [0.25, 0.3) is 5.91 Å². The number of aryl methyl sites for hydroxylation is 1. The van der Waals surface area contributed by atoms with Crippen molar-refractivity contribution in [1.29, 1.82) is 0 Å². The molecule has 1 aliphatic rings. The van der Waals surface area contributed by atoms with E-state index in [9.17, 15) is 14.7 Å². The number of nitrogens with zero attached hydrogens (tertiary/aromatic N) is 3. The van der Waals surface area contributed by atoms with Gasteiger partial charge < -0.3 is 15.0 Å². The largest absolute Gasteiger partial charge is 0.478 e. The Morgan fingerprint density at radius 1 is 1.32 bits per heavy atom. The van der Waals surface area contributed by atoms with E-state index in [0.29, 0.717) is 18.7 Å². The molecular weight excluding hydrogens is 320 g/mol. The van der Waals surface area contributed by atoms with Crippen LogP contribution in [0.1, 0.15) is 37.7 Å². The summed E-state index contributed by atoms with van der Waals surface area (Å²) in [7, 11) is 1.81. The Balaban J connectivity index is 1.71. The highest BCUT2D eigenvalue weighted by molar-refractivity contribution is 5.97. The van der Waals surface area contributed by atoms with E-state index in [1.165, 1.54) is 0 Å². The topological polar surface area (TPSA) is 91.2 Å². The first-order chi connectivity index (χ1) is 12.0. The van der Waals surface area contributed by atoms with E-state index in [4.69, 9.17) is 0 Å². The van der Waals surface area contributed by atoms with Crippen molar-refractivity contribution in [3.63, 3.8) is 0 Å². The number of hydrogen-bond donors (Lipinski definition) is 2. The number of carbonyl (C=O) groups excluding carboxylic acids is 1. The Kier molecular flexibility index (Phi) is 3.38. The van der Waals surface area contributed by atoms with Gasteiger partial charge in [-0.1, -0.05) is 0 Å². The van der Waals surface area contributed by atoms with Crippen molar-refractivity contribution in [3.05, 3.63) is 52.5 Å².